The number of rotatable bonds is 8. The van der Waals surface area contributed by atoms with Gasteiger partial charge in [0.15, 0.2) is 5.82 Å². The summed E-state index contributed by atoms with van der Waals surface area (Å²) in [5, 5.41) is 20.8. The second-order valence-corrected chi connectivity index (χ2v) is 11.6. The molecule has 46 heavy (non-hydrogen) atoms. The Labute approximate surface area is 278 Å². The van der Waals surface area contributed by atoms with Crippen LogP contribution in [-0.2, 0) is 12.7 Å². The van der Waals surface area contributed by atoms with E-state index < -0.39 is 29.9 Å². The van der Waals surface area contributed by atoms with Gasteiger partial charge in [0.2, 0.25) is 0 Å². The van der Waals surface area contributed by atoms with E-state index in [0.29, 0.717) is 26.0 Å². The Bertz CT molecular complexity index is 1940. The third-order valence-electron chi connectivity index (χ3n) is 6.46. The fourth-order valence-corrected chi connectivity index (χ4v) is 5.40. The zero-order valence-electron chi connectivity index (χ0n) is 23.6. The minimum absolute atomic E-state index is 0.0481. The number of nitrogens with one attached hydrogen (secondary N) is 2. The molecule has 0 aliphatic heterocycles. The molecular weight excluding hydrogens is 693 g/mol. The van der Waals surface area contributed by atoms with Crippen LogP contribution in [0.2, 0.25) is 20.1 Å². The SMILES string of the molecule is Cc1cc(Cl)cc(C(=O)NC(C)c2cc(Cl)cc(Cl)c2)c1NC(=O)c1cc(Cn2nnc(C(F)(F)F)n2)nn1-c1ncccc1Cl. The van der Waals surface area contributed by atoms with Gasteiger partial charge in [-0.2, -0.15) is 23.1 Å². The van der Waals surface area contributed by atoms with Gasteiger partial charge < -0.3 is 10.6 Å². The van der Waals surface area contributed by atoms with Crippen molar-refractivity contribution in [1.82, 2.24) is 40.3 Å². The number of pyridine rings is 1. The quantitative estimate of drug-likeness (QED) is 0.177. The van der Waals surface area contributed by atoms with Crippen LogP contribution in [0.4, 0.5) is 18.9 Å². The minimum atomic E-state index is -4.80. The van der Waals surface area contributed by atoms with Gasteiger partial charge in [-0.3, -0.25) is 9.59 Å². The molecule has 5 rings (SSSR count). The van der Waals surface area contributed by atoms with Crippen LogP contribution in [0.5, 0.6) is 0 Å². The fraction of sp³-hybridized carbons (Fsp3) is 0.179. The first-order valence-electron chi connectivity index (χ1n) is 13.1. The summed E-state index contributed by atoms with van der Waals surface area (Å²) >= 11 is 24.9. The number of aryl methyl sites for hydroxylation is 1. The highest BCUT2D eigenvalue weighted by Gasteiger charge is 2.37. The number of carbonyl (C=O) groups is 2. The van der Waals surface area contributed by atoms with Crippen LogP contribution in [0.3, 0.4) is 0 Å². The topological polar surface area (TPSA) is 133 Å². The molecule has 3 heterocycles. The molecule has 2 aromatic carbocycles. The molecule has 0 aliphatic carbocycles. The Morgan fingerprint density at radius 1 is 0.957 bits per heavy atom. The Hall–Kier alpha value is -4.24. The van der Waals surface area contributed by atoms with Crippen molar-refractivity contribution in [2.75, 3.05) is 5.32 Å². The standard InChI is InChI=1S/C28H20Cl4F3N9O2/c1-13-6-16(29)10-20(25(45)37-14(2)15-7-17(30)9-18(31)8-15)23(13)38-26(46)22-11-19(12-43-41-27(39-42-43)28(33,34)35)40-44(22)24-21(32)4-3-5-36-24/h3-11,14H,12H2,1-2H3,(H,37,45)(H,38,46). The lowest BCUT2D eigenvalue weighted by Gasteiger charge is -2.19. The zero-order chi connectivity index (χ0) is 33.3. The van der Waals surface area contributed by atoms with Gasteiger partial charge in [0.25, 0.3) is 17.6 Å². The number of alkyl halides is 3. The van der Waals surface area contributed by atoms with Crippen LogP contribution < -0.4 is 10.6 Å². The summed E-state index contributed by atoms with van der Waals surface area (Å²) in [4.78, 5) is 32.2. The summed E-state index contributed by atoms with van der Waals surface area (Å²) in [7, 11) is 0. The van der Waals surface area contributed by atoms with Crippen molar-refractivity contribution in [3.8, 4) is 5.82 Å². The van der Waals surface area contributed by atoms with Crippen molar-refractivity contribution in [3.63, 3.8) is 0 Å². The van der Waals surface area contributed by atoms with E-state index in [1.54, 1.807) is 44.2 Å². The predicted octanol–water partition coefficient (Wildman–Crippen LogP) is 6.99. The number of benzene rings is 2. The van der Waals surface area contributed by atoms with Gasteiger partial charge in [0.1, 0.15) is 12.2 Å². The van der Waals surface area contributed by atoms with Crippen molar-refractivity contribution >= 4 is 63.9 Å². The first-order valence-corrected chi connectivity index (χ1v) is 14.6. The van der Waals surface area contributed by atoms with Crippen LogP contribution in [0, 0.1) is 6.92 Å². The second kappa shape index (κ2) is 13.2. The molecular formula is C28H20Cl4F3N9O2. The number of hydrogen-bond donors (Lipinski definition) is 2. The second-order valence-electron chi connectivity index (χ2n) is 9.88. The lowest BCUT2D eigenvalue weighted by Crippen LogP contribution is -2.28. The molecule has 0 bridgehead atoms. The van der Waals surface area contributed by atoms with Gasteiger partial charge in [0, 0.05) is 21.3 Å². The summed E-state index contributed by atoms with van der Waals surface area (Å²) in [6.45, 7) is 3.00. The third-order valence-corrected chi connectivity index (χ3v) is 7.41. The fourth-order valence-electron chi connectivity index (χ4n) is 4.38. The number of anilines is 1. The monoisotopic (exact) mass is 711 g/mol. The molecule has 0 spiro atoms. The van der Waals surface area contributed by atoms with E-state index in [-0.39, 0.29) is 45.0 Å². The average molecular weight is 713 g/mol. The zero-order valence-corrected chi connectivity index (χ0v) is 26.6. The van der Waals surface area contributed by atoms with E-state index in [9.17, 15) is 22.8 Å². The molecule has 11 nitrogen and oxygen atoms in total. The van der Waals surface area contributed by atoms with Crippen molar-refractivity contribution in [3.05, 3.63) is 109 Å². The van der Waals surface area contributed by atoms with Crippen LogP contribution in [0.1, 0.15) is 56.5 Å². The number of tetrazole rings is 1. The number of carbonyl (C=O) groups excluding carboxylic acids is 2. The van der Waals surface area contributed by atoms with E-state index in [4.69, 9.17) is 46.4 Å². The van der Waals surface area contributed by atoms with Crippen molar-refractivity contribution in [2.24, 2.45) is 0 Å². The average Bonchev–Trinajstić information content (AvgIpc) is 3.62. The number of aromatic nitrogens is 7. The first-order chi connectivity index (χ1) is 21.7. The third kappa shape index (κ3) is 7.41. The van der Waals surface area contributed by atoms with Gasteiger partial charge >= 0.3 is 6.18 Å². The van der Waals surface area contributed by atoms with Gasteiger partial charge in [-0.15, -0.1) is 10.2 Å². The van der Waals surface area contributed by atoms with Crippen LogP contribution in [0.25, 0.3) is 5.82 Å². The van der Waals surface area contributed by atoms with E-state index in [0.717, 1.165) is 4.68 Å². The molecule has 0 saturated heterocycles. The Morgan fingerprint density at radius 2 is 1.65 bits per heavy atom. The molecule has 238 valence electrons. The van der Waals surface area contributed by atoms with E-state index in [1.807, 2.05) is 0 Å². The van der Waals surface area contributed by atoms with Gasteiger partial charge in [-0.1, -0.05) is 46.4 Å². The van der Waals surface area contributed by atoms with Crippen LogP contribution >= 0.6 is 46.4 Å². The van der Waals surface area contributed by atoms with Crippen LogP contribution in [-0.4, -0.2) is 46.8 Å². The molecule has 1 atom stereocenters. The van der Waals surface area contributed by atoms with Gasteiger partial charge in [0.05, 0.1) is 28.0 Å². The number of halogens is 7. The number of amides is 2. The summed E-state index contributed by atoms with van der Waals surface area (Å²) in [6.07, 6.45) is -3.39. The van der Waals surface area contributed by atoms with Crippen LogP contribution in [0.15, 0.2) is 54.7 Å². The normalized spacial score (nSPS) is 12.2. The molecule has 3 aromatic heterocycles. The molecule has 0 saturated carbocycles. The lowest BCUT2D eigenvalue weighted by atomic mass is 10.0. The largest absolute Gasteiger partial charge is 0.455 e. The minimum Gasteiger partial charge on any atom is -0.345 e. The van der Waals surface area contributed by atoms with Crippen molar-refractivity contribution < 1.29 is 22.8 Å². The molecule has 2 N–H and O–H groups in total. The molecule has 1 unspecified atom stereocenters. The number of hydrogen-bond acceptors (Lipinski definition) is 7. The molecule has 18 heteroatoms. The van der Waals surface area contributed by atoms with Crippen molar-refractivity contribution in [2.45, 2.75) is 32.6 Å². The van der Waals surface area contributed by atoms with E-state index in [1.165, 1.54) is 24.4 Å². The number of nitrogens with zero attached hydrogens (tertiary/aromatic N) is 7. The van der Waals surface area contributed by atoms with Crippen molar-refractivity contribution in [1.29, 1.82) is 0 Å². The van der Waals surface area contributed by atoms with E-state index >= 15 is 0 Å². The molecule has 0 radical (unpaired) electrons. The van der Waals surface area contributed by atoms with Gasteiger partial charge in [-0.05, 0) is 78.7 Å². The maximum Gasteiger partial charge on any atom is 0.455 e. The highest BCUT2D eigenvalue weighted by Crippen LogP contribution is 2.29. The highest BCUT2D eigenvalue weighted by molar-refractivity contribution is 6.34. The Kier molecular flexibility index (Phi) is 9.54. The molecule has 5 aromatic rings. The summed E-state index contributed by atoms with van der Waals surface area (Å²) in [5.41, 5.74) is 1.25. The summed E-state index contributed by atoms with van der Waals surface area (Å²) in [5.74, 6) is -2.70. The molecule has 0 aliphatic rings. The first kappa shape index (κ1) is 33.1. The maximum atomic E-state index is 13.8. The predicted molar refractivity (Wildman–Crippen MR) is 165 cm³/mol. The summed E-state index contributed by atoms with van der Waals surface area (Å²) in [6, 6.07) is 11.7. The lowest BCUT2D eigenvalue weighted by molar-refractivity contribution is -0.145. The highest BCUT2D eigenvalue weighted by atomic mass is 35.5. The smallest absolute Gasteiger partial charge is 0.345 e. The Morgan fingerprint density at radius 3 is 2.30 bits per heavy atom. The maximum absolute atomic E-state index is 13.8. The van der Waals surface area contributed by atoms with Gasteiger partial charge in [-0.25, -0.2) is 9.67 Å². The molecule has 0 fully saturated rings. The summed E-state index contributed by atoms with van der Waals surface area (Å²) < 4.78 is 40.1. The Balaban J connectivity index is 1.48. The molecule has 2 amide bonds. The van der Waals surface area contributed by atoms with E-state index in [2.05, 4.69) is 36.1 Å².